The van der Waals surface area contributed by atoms with Crippen molar-refractivity contribution in [2.45, 2.75) is 55.5 Å². The smallest absolute Gasteiger partial charge is 0.240 e. The van der Waals surface area contributed by atoms with Crippen LogP contribution >= 0.6 is 0 Å². The van der Waals surface area contributed by atoms with E-state index in [2.05, 4.69) is 4.72 Å². The van der Waals surface area contributed by atoms with Crippen molar-refractivity contribution in [3.05, 3.63) is 23.8 Å². The highest BCUT2D eigenvalue weighted by Gasteiger charge is 2.25. The van der Waals surface area contributed by atoms with Crippen molar-refractivity contribution in [1.82, 2.24) is 4.72 Å². The van der Waals surface area contributed by atoms with E-state index in [1.165, 1.54) is 0 Å². The second kappa shape index (κ2) is 5.94. The van der Waals surface area contributed by atoms with E-state index in [1.54, 1.807) is 18.2 Å². The van der Waals surface area contributed by atoms with Crippen molar-refractivity contribution in [2.24, 2.45) is 5.73 Å². The number of fused-ring (bicyclic) bond motifs is 1. The average Bonchev–Trinajstić information content (AvgIpc) is 2.49. The van der Waals surface area contributed by atoms with Gasteiger partial charge in [0.15, 0.2) is 0 Å². The fourth-order valence-electron chi connectivity index (χ4n) is 3.03. The van der Waals surface area contributed by atoms with Gasteiger partial charge in [0, 0.05) is 12.1 Å². The molecule has 6 heteroatoms. The fraction of sp³-hybridized carbons (Fsp3) is 0.600. The van der Waals surface area contributed by atoms with Gasteiger partial charge < -0.3 is 10.5 Å². The second-order valence-electron chi connectivity index (χ2n) is 5.95. The van der Waals surface area contributed by atoms with E-state index < -0.39 is 10.0 Å². The summed E-state index contributed by atoms with van der Waals surface area (Å²) >= 11 is 0. The van der Waals surface area contributed by atoms with Gasteiger partial charge in [-0.3, -0.25) is 0 Å². The molecule has 1 aliphatic carbocycles. The van der Waals surface area contributed by atoms with Gasteiger partial charge in [0.2, 0.25) is 10.0 Å². The normalized spacial score (nSPS) is 26.0. The Morgan fingerprint density at radius 3 is 2.71 bits per heavy atom. The summed E-state index contributed by atoms with van der Waals surface area (Å²) in [6.45, 7) is 0.708. The molecule has 2 aliphatic rings. The van der Waals surface area contributed by atoms with Crippen LogP contribution in [-0.4, -0.2) is 27.1 Å². The quantitative estimate of drug-likeness (QED) is 0.888. The number of benzene rings is 1. The summed E-state index contributed by atoms with van der Waals surface area (Å²) in [6, 6.07) is 5.35. The number of rotatable bonds is 3. The van der Waals surface area contributed by atoms with Crippen LogP contribution in [0.1, 0.15) is 37.7 Å². The molecule has 0 amide bonds. The van der Waals surface area contributed by atoms with Gasteiger partial charge in [0.1, 0.15) is 5.75 Å². The molecule has 0 unspecified atom stereocenters. The number of nitrogens with two attached hydrogens (primary N) is 1. The Labute approximate surface area is 125 Å². The van der Waals surface area contributed by atoms with E-state index in [4.69, 9.17) is 10.5 Å². The predicted octanol–water partition coefficient (Wildman–Crippen LogP) is 1.56. The standard InChI is InChI=1S/C15H22N2O3S/c16-12-3-5-13(6-4-12)17-21(18,19)14-7-8-15-11(10-14)2-1-9-20-15/h7-8,10,12-13,17H,1-6,9,16H2. The van der Waals surface area contributed by atoms with E-state index in [-0.39, 0.29) is 12.1 Å². The topological polar surface area (TPSA) is 81.4 Å². The van der Waals surface area contributed by atoms with Crippen LogP contribution in [0.2, 0.25) is 0 Å². The minimum Gasteiger partial charge on any atom is -0.493 e. The molecule has 0 atom stereocenters. The third kappa shape index (κ3) is 3.39. The van der Waals surface area contributed by atoms with Crippen molar-refractivity contribution in [3.8, 4) is 5.75 Å². The molecule has 0 radical (unpaired) electrons. The van der Waals surface area contributed by atoms with Gasteiger partial charge in [-0.1, -0.05) is 0 Å². The summed E-state index contributed by atoms with van der Waals surface area (Å²) in [7, 11) is -3.46. The molecule has 1 saturated carbocycles. The third-order valence-corrected chi connectivity index (χ3v) is 5.80. The number of nitrogens with one attached hydrogen (secondary N) is 1. The molecule has 1 fully saturated rings. The molecule has 5 nitrogen and oxygen atoms in total. The van der Waals surface area contributed by atoms with Gasteiger partial charge in [-0.2, -0.15) is 0 Å². The average molecular weight is 310 g/mol. The van der Waals surface area contributed by atoms with Crippen LogP contribution in [0.25, 0.3) is 0 Å². The number of hydrogen-bond donors (Lipinski definition) is 2. The van der Waals surface area contributed by atoms with Crippen molar-refractivity contribution < 1.29 is 13.2 Å². The van der Waals surface area contributed by atoms with E-state index in [0.29, 0.717) is 11.5 Å². The van der Waals surface area contributed by atoms with E-state index in [9.17, 15) is 8.42 Å². The van der Waals surface area contributed by atoms with E-state index >= 15 is 0 Å². The molecule has 1 aromatic rings. The summed E-state index contributed by atoms with van der Waals surface area (Å²) in [4.78, 5) is 0.335. The highest BCUT2D eigenvalue weighted by Crippen LogP contribution is 2.28. The molecular weight excluding hydrogens is 288 g/mol. The van der Waals surface area contributed by atoms with Crippen LogP contribution in [0.15, 0.2) is 23.1 Å². The zero-order chi connectivity index (χ0) is 14.9. The summed E-state index contributed by atoms with van der Waals surface area (Å²) in [6.07, 6.45) is 5.20. The van der Waals surface area contributed by atoms with Crippen LogP contribution < -0.4 is 15.2 Å². The van der Waals surface area contributed by atoms with Gasteiger partial charge in [0.25, 0.3) is 0 Å². The maximum Gasteiger partial charge on any atom is 0.240 e. The number of ether oxygens (including phenoxy) is 1. The van der Waals surface area contributed by atoms with E-state index in [1.807, 2.05) is 0 Å². The van der Waals surface area contributed by atoms with Crippen molar-refractivity contribution in [2.75, 3.05) is 6.61 Å². The molecule has 1 aromatic carbocycles. The van der Waals surface area contributed by atoms with Gasteiger partial charge in [-0.15, -0.1) is 0 Å². The van der Waals surface area contributed by atoms with Crippen LogP contribution in [0.5, 0.6) is 5.75 Å². The van der Waals surface area contributed by atoms with Gasteiger partial charge >= 0.3 is 0 Å². The Balaban J connectivity index is 1.75. The Morgan fingerprint density at radius 2 is 1.95 bits per heavy atom. The molecule has 3 N–H and O–H groups in total. The Hall–Kier alpha value is -1.11. The Morgan fingerprint density at radius 1 is 1.19 bits per heavy atom. The summed E-state index contributed by atoms with van der Waals surface area (Å²) < 4.78 is 33.3. The summed E-state index contributed by atoms with van der Waals surface area (Å²) in [5, 5.41) is 0. The number of hydrogen-bond acceptors (Lipinski definition) is 4. The molecule has 116 valence electrons. The Bertz CT molecular complexity index is 607. The van der Waals surface area contributed by atoms with Gasteiger partial charge in [-0.25, -0.2) is 13.1 Å². The van der Waals surface area contributed by atoms with E-state index in [0.717, 1.165) is 49.8 Å². The second-order valence-corrected chi connectivity index (χ2v) is 7.67. The first-order valence-electron chi connectivity index (χ1n) is 7.58. The number of aryl methyl sites for hydroxylation is 1. The zero-order valence-corrected chi connectivity index (χ0v) is 12.9. The Kier molecular flexibility index (Phi) is 4.19. The monoisotopic (exact) mass is 310 g/mol. The largest absolute Gasteiger partial charge is 0.493 e. The fourth-order valence-corrected chi connectivity index (χ4v) is 4.38. The molecule has 1 heterocycles. The molecule has 21 heavy (non-hydrogen) atoms. The lowest BCUT2D eigenvalue weighted by Gasteiger charge is -2.26. The first kappa shape index (κ1) is 14.8. The lowest BCUT2D eigenvalue weighted by molar-refractivity contribution is 0.288. The highest BCUT2D eigenvalue weighted by atomic mass is 32.2. The lowest BCUT2D eigenvalue weighted by Crippen LogP contribution is -2.40. The van der Waals surface area contributed by atoms with Crippen LogP contribution in [0.3, 0.4) is 0 Å². The molecule has 0 aromatic heterocycles. The molecule has 0 bridgehead atoms. The highest BCUT2D eigenvalue weighted by molar-refractivity contribution is 7.89. The molecule has 0 saturated heterocycles. The van der Waals surface area contributed by atoms with Crippen molar-refractivity contribution in [3.63, 3.8) is 0 Å². The molecular formula is C15H22N2O3S. The zero-order valence-electron chi connectivity index (χ0n) is 12.0. The minimum absolute atomic E-state index is 0.00193. The minimum atomic E-state index is -3.46. The van der Waals surface area contributed by atoms with Crippen LogP contribution in [0.4, 0.5) is 0 Å². The maximum atomic E-state index is 12.5. The summed E-state index contributed by atoms with van der Waals surface area (Å²) in [5.41, 5.74) is 6.84. The van der Waals surface area contributed by atoms with Crippen LogP contribution in [0, 0.1) is 0 Å². The number of sulfonamides is 1. The van der Waals surface area contributed by atoms with Gasteiger partial charge in [0.05, 0.1) is 11.5 Å². The van der Waals surface area contributed by atoms with Crippen molar-refractivity contribution in [1.29, 1.82) is 0 Å². The summed E-state index contributed by atoms with van der Waals surface area (Å²) in [5.74, 6) is 0.809. The van der Waals surface area contributed by atoms with Crippen molar-refractivity contribution >= 4 is 10.0 Å². The maximum absolute atomic E-state index is 12.5. The first-order chi connectivity index (χ1) is 10.0. The lowest BCUT2D eigenvalue weighted by atomic mass is 9.93. The SMILES string of the molecule is NC1CCC(NS(=O)(=O)c2ccc3c(c2)CCCO3)CC1. The van der Waals surface area contributed by atoms with Gasteiger partial charge in [-0.05, 0) is 62.3 Å². The van der Waals surface area contributed by atoms with Crippen LogP contribution in [-0.2, 0) is 16.4 Å². The third-order valence-electron chi connectivity index (χ3n) is 4.28. The molecule has 0 spiro atoms. The predicted molar refractivity (Wildman–Crippen MR) is 80.8 cm³/mol. The molecule has 3 rings (SSSR count). The first-order valence-corrected chi connectivity index (χ1v) is 9.06. The molecule has 1 aliphatic heterocycles.